The smallest absolute Gasteiger partial charge is 0.295 e. The molecule has 0 spiro atoms. The quantitative estimate of drug-likeness (QED) is 0.252. The van der Waals surface area contributed by atoms with Crippen LogP contribution >= 0.6 is 0 Å². The summed E-state index contributed by atoms with van der Waals surface area (Å²) >= 11 is 0. The number of aliphatic hydroxyl groups excluding tert-OH is 1. The van der Waals surface area contributed by atoms with Crippen LogP contribution in [0.3, 0.4) is 0 Å². The maximum Gasteiger partial charge on any atom is 0.295 e. The fraction of sp³-hybridized carbons (Fsp3) is 0.407. The highest BCUT2D eigenvalue weighted by Gasteiger charge is 2.46. The van der Waals surface area contributed by atoms with Crippen molar-refractivity contribution in [1.29, 1.82) is 0 Å². The minimum Gasteiger partial charge on any atom is -0.507 e. The number of rotatable bonds is 9. The van der Waals surface area contributed by atoms with E-state index in [0.29, 0.717) is 42.2 Å². The van der Waals surface area contributed by atoms with E-state index in [1.165, 1.54) is 12.0 Å². The van der Waals surface area contributed by atoms with Gasteiger partial charge in [-0.25, -0.2) is 0 Å². The molecule has 1 fully saturated rings. The second kappa shape index (κ2) is 10.7. The van der Waals surface area contributed by atoms with Crippen LogP contribution in [0.5, 0.6) is 11.5 Å². The average Bonchev–Trinajstić information content (AvgIpc) is 3.05. The zero-order chi connectivity index (χ0) is 25.0. The van der Waals surface area contributed by atoms with Gasteiger partial charge >= 0.3 is 0 Å². The van der Waals surface area contributed by atoms with Gasteiger partial charge in [-0.3, -0.25) is 9.59 Å². The molecule has 1 aliphatic heterocycles. The highest BCUT2D eigenvalue weighted by molar-refractivity contribution is 6.46. The van der Waals surface area contributed by atoms with E-state index in [2.05, 4.69) is 0 Å². The summed E-state index contributed by atoms with van der Waals surface area (Å²) in [5.74, 6) is -0.575. The number of amides is 1. The molecule has 1 unspecified atom stereocenters. The van der Waals surface area contributed by atoms with E-state index in [4.69, 9.17) is 14.2 Å². The molecule has 0 aromatic heterocycles. The number of ether oxygens (including phenoxy) is 3. The molecule has 0 saturated carbocycles. The number of aryl methyl sites for hydroxylation is 2. The number of aliphatic hydroxyl groups is 1. The molecule has 3 rings (SSSR count). The van der Waals surface area contributed by atoms with Crippen LogP contribution in [0, 0.1) is 13.8 Å². The maximum absolute atomic E-state index is 13.3. The number of benzene rings is 2. The highest BCUT2D eigenvalue weighted by Crippen LogP contribution is 2.42. The minimum atomic E-state index is -0.764. The third-order valence-corrected chi connectivity index (χ3v) is 5.82. The summed E-state index contributed by atoms with van der Waals surface area (Å²) in [7, 11) is 3.07. The van der Waals surface area contributed by atoms with Crippen LogP contribution in [0.1, 0.15) is 48.6 Å². The molecule has 0 radical (unpaired) electrons. The summed E-state index contributed by atoms with van der Waals surface area (Å²) in [4.78, 5) is 27.9. The van der Waals surface area contributed by atoms with Crippen molar-refractivity contribution in [3.63, 3.8) is 0 Å². The van der Waals surface area contributed by atoms with Crippen molar-refractivity contribution in [2.75, 3.05) is 27.4 Å². The van der Waals surface area contributed by atoms with Crippen molar-refractivity contribution in [2.24, 2.45) is 0 Å². The van der Waals surface area contributed by atoms with Gasteiger partial charge in [0.2, 0.25) is 0 Å². The van der Waals surface area contributed by atoms with E-state index in [9.17, 15) is 14.7 Å². The third-order valence-electron chi connectivity index (χ3n) is 5.82. The number of ketones is 1. The lowest BCUT2D eigenvalue weighted by Gasteiger charge is -2.26. The van der Waals surface area contributed by atoms with Crippen molar-refractivity contribution >= 4 is 17.4 Å². The molecule has 7 nitrogen and oxygen atoms in total. The molecule has 1 N–H and O–H groups in total. The fourth-order valence-corrected chi connectivity index (χ4v) is 4.37. The maximum atomic E-state index is 13.3. The van der Waals surface area contributed by atoms with E-state index < -0.39 is 17.7 Å². The van der Waals surface area contributed by atoms with Crippen LogP contribution in [-0.2, 0) is 14.3 Å². The van der Waals surface area contributed by atoms with Gasteiger partial charge in [0, 0.05) is 13.2 Å². The molecule has 7 heteroatoms. The van der Waals surface area contributed by atoms with Crippen molar-refractivity contribution in [1.82, 2.24) is 4.90 Å². The molecule has 1 amide bonds. The van der Waals surface area contributed by atoms with Gasteiger partial charge in [-0.15, -0.1) is 0 Å². The monoisotopic (exact) mass is 467 g/mol. The molecule has 1 atom stereocenters. The van der Waals surface area contributed by atoms with Gasteiger partial charge in [-0.2, -0.15) is 0 Å². The largest absolute Gasteiger partial charge is 0.507 e. The van der Waals surface area contributed by atoms with Gasteiger partial charge in [0.15, 0.2) is 0 Å². The second-order valence-electron chi connectivity index (χ2n) is 8.70. The number of carbonyl (C=O) groups excluding carboxylic acids is 2. The summed E-state index contributed by atoms with van der Waals surface area (Å²) in [6.07, 6.45) is 0.625. The number of hydrogen-bond acceptors (Lipinski definition) is 6. The number of hydrogen-bond donors (Lipinski definition) is 1. The van der Waals surface area contributed by atoms with Crippen LogP contribution in [-0.4, -0.2) is 55.2 Å². The standard InChI is InChI=1S/C27H33NO6/c1-16(2)34-12-8-11-28-23(19-9-7-10-20(15-19)32-5)22(25(30)27(28)31)24(29)21-14-17(3)13-18(4)26(21)33-6/h7,9-10,13-16,23,29H,8,11-12H2,1-6H3/b24-22+. The molecule has 2 aromatic carbocycles. The first-order valence-corrected chi connectivity index (χ1v) is 11.4. The molecule has 1 saturated heterocycles. The summed E-state index contributed by atoms with van der Waals surface area (Å²) in [6.45, 7) is 8.42. The highest BCUT2D eigenvalue weighted by atomic mass is 16.5. The van der Waals surface area contributed by atoms with Crippen LogP contribution < -0.4 is 9.47 Å². The summed E-state index contributed by atoms with van der Waals surface area (Å²) < 4.78 is 16.5. The normalized spacial score (nSPS) is 17.5. The first-order valence-electron chi connectivity index (χ1n) is 11.4. The fourth-order valence-electron chi connectivity index (χ4n) is 4.37. The van der Waals surface area contributed by atoms with Gasteiger partial charge < -0.3 is 24.2 Å². The predicted molar refractivity (Wildman–Crippen MR) is 130 cm³/mol. The lowest BCUT2D eigenvalue weighted by Crippen LogP contribution is -2.31. The molecular weight excluding hydrogens is 434 g/mol. The summed E-state index contributed by atoms with van der Waals surface area (Å²) in [5, 5.41) is 11.4. The molecule has 1 heterocycles. The van der Waals surface area contributed by atoms with Gasteiger partial charge in [-0.05, 0) is 69.0 Å². The van der Waals surface area contributed by atoms with Crippen molar-refractivity contribution < 1.29 is 28.9 Å². The molecule has 2 aromatic rings. The number of nitrogens with zero attached hydrogens (tertiary/aromatic N) is 1. The van der Waals surface area contributed by atoms with Crippen molar-refractivity contribution in [2.45, 2.75) is 46.3 Å². The van der Waals surface area contributed by atoms with Crippen LogP contribution in [0.4, 0.5) is 0 Å². The Morgan fingerprint density at radius 3 is 2.47 bits per heavy atom. The van der Waals surface area contributed by atoms with Gasteiger partial charge in [0.05, 0.1) is 37.5 Å². The topological polar surface area (TPSA) is 85.3 Å². The summed E-state index contributed by atoms with van der Waals surface area (Å²) in [5.41, 5.74) is 2.81. The Morgan fingerprint density at radius 2 is 1.82 bits per heavy atom. The van der Waals surface area contributed by atoms with E-state index in [-0.39, 0.29) is 17.4 Å². The zero-order valence-electron chi connectivity index (χ0n) is 20.7. The van der Waals surface area contributed by atoms with Crippen molar-refractivity contribution in [3.05, 3.63) is 64.2 Å². The Labute approximate surface area is 200 Å². The van der Waals surface area contributed by atoms with Gasteiger partial charge in [-0.1, -0.05) is 18.2 Å². The Balaban J connectivity index is 2.15. The third kappa shape index (κ3) is 5.09. The number of methoxy groups -OCH3 is 2. The van der Waals surface area contributed by atoms with Crippen LogP contribution in [0.15, 0.2) is 42.0 Å². The van der Waals surface area contributed by atoms with Gasteiger partial charge in [0.25, 0.3) is 11.7 Å². The molecule has 1 aliphatic rings. The minimum absolute atomic E-state index is 0.0336. The van der Waals surface area contributed by atoms with Gasteiger partial charge in [0.1, 0.15) is 17.3 Å². The predicted octanol–water partition coefficient (Wildman–Crippen LogP) is 4.56. The Bertz CT molecular complexity index is 1100. The second-order valence-corrected chi connectivity index (χ2v) is 8.70. The molecule has 0 bridgehead atoms. The van der Waals surface area contributed by atoms with Crippen molar-refractivity contribution in [3.8, 4) is 11.5 Å². The Kier molecular flexibility index (Phi) is 7.99. The van der Waals surface area contributed by atoms with E-state index in [1.807, 2.05) is 39.8 Å². The molecule has 0 aliphatic carbocycles. The zero-order valence-corrected chi connectivity index (χ0v) is 20.7. The van der Waals surface area contributed by atoms with Crippen LogP contribution in [0.25, 0.3) is 5.76 Å². The molecule has 34 heavy (non-hydrogen) atoms. The first kappa shape index (κ1) is 25.3. The first-order chi connectivity index (χ1) is 16.2. The lowest BCUT2D eigenvalue weighted by atomic mass is 9.93. The van der Waals surface area contributed by atoms with E-state index in [1.54, 1.807) is 31.4 Å². The SMILES string of the molecule is COc1cccc(C2/C(=C(\O)c3cc(C)cc(C)c3OC)C(=O)C(=O)N2CCCOC(C)C)c1. The number of carbonyl (C=O) groups is 2. The average molecular weight is 468 g/mol. The lowest BCUT2D eigenvalue weighted by molar-refractivity contribution is -0.140. The summed E-state index contributed by atoms with van der Waals surface area (Å²) in [6, 6.07) is 10.1. The van der Waals surface area contributed by atoms with Crippen LogP contribution in [0.2, 0.25) is 0 Å². The van der Waals surface area contributed by atoms with E-state index >= 15 is 0 Å². The Morgan fingerprint density at radius 1 is 1.09 bits per heavy atom. The van der Waals surface area contributed by atoms with E-state index in [0.717, 1.165) is 11.1 Å². The number of likely N-dealkylation sites (tertiary alicyclic amines) is 1. The molecular formula is C27H33NO6. The molecule has 182 valence electrons. The number of Topliss-reactive ketones (excluding diaryl/α,β-unsaturated/α-hetero) is 1. The Hall–Kier alpha value is -3.32.